The topological polar surface area (TPSA) is 15.8 Å². The highest BCUT2D eigenvalue weighted by Gasteiger charge is 2.15. The van der Waals surface area contributed by atoms with Gasteiger partial charge in [0.15, 0.2) is 0 Å². The summed E-state index contributed by atoms with van der Waals surface area (Å²) < 4.78 is 2.71. The SMILES string of the molecule is C1=CCC=c2sc3cccc(-c4cccc(-c5cccc(-c6cc(-c7ccccc7)cc7c6[nH]c6ccccc67)c5)c4)c3c2=C1.[HH]. The summed E-state index contributed by atoms with van der Waals surface area (Å²) in [6, 6.07) is 48.7. The predicted octanol–water partition coefficient (Wildman–Crippen LogP) is 11.0. The van der Waals surface area contributed by atoms with Crippen LogP contribution in [0.3, 0.4) is 0 Å². The van der Waals surface area contributed by atoms with Crippen molar-refractivity contribution in [1.29, 1.82) is 0 Å². The van der Waals surface area contributed by atoms with Crippen LogP contribution in [0.4, 0.5) is 0 Å². The van der Waals surface area contributed by atoms with E-state index in [1.165, 1.54) is 80.6 Å². The zero-order chi connectivity index (χ0) is 29.7. The molecular formula is C43H31NS. The van der Waals surface area contributed by atoms with E-state index in [4.69, 9.17) is 0 Å². The minimum atomic E-state index is 0. The van der Waals surface area contributed by atoms with Crippen LogP contribution < -0.4 is 9.75 Å². The summed E-state index contributed by atoms with van der Waals surface area (Å²) in [5, 5.41) is 5.19. The van der Waals surface area contributed by atoms with Crippen LogP contribution in [0, 0.1) is 0 Å². The lowest BCUT2D eigenvalue weighted by atomic mass is 9.92. The average Bonchev–Trinajstić information content (AvgIpc) is 3.57. The molecule has 9 rings (SSSR count). The van der Waals surface area contributed by atoms with E-state index in [0.717, 1.165) is 11.9 Å². The fourth-order valence-electron chi connectivity index (χ4n) is 6.87. The van der Waals surface area contributed by atoms with E-state index in [9.17, 15) is 0 Å². The molecule has 0 saturated carbocycles. The summed E-state index contributed by atoms with van der Waals surface area (Å²) in [6.45, 7) is 0. The van der Waals surface area contributed by atoms with E-state index in [1.54, 1.807) is 0 Å². The first-order valence-electron chi connectivity index (χ1n) is 15.5. The minimum Gasteiger partial charge on any atom is -0.354 e. The van der Waals surface area contributed by atoms with Gasteiger partial charge in [-0.1, -0.05) is 121 Å². The second-order valence-corrected chi connectivity index (χ2v) is 12.8. The smallest absolute Gasteiger partial charge is 0.0544 e. The molecule has 2 aromatic heterocycles. The van der Waals surface area contributed by atoms with Crippen LogP contribution >= 0.6 is 11.3 Å². The van der Waals surface area contributed by atoms with Crippen molar-refractivity contribution in [3.8, 4) is 44.5 Å². The van der Waals surface area contributed by atoms with Gasteiger partial charge in [0, 0.05) is 43.1 Å². The Labute approximate surface area is 267 Å². The third kappa shape index (κ3) is 4.46. The molecule has 2 heterocycles. The number of thiophene rings is 1. The Hall–Kier alpha value is -5.44. The number of benzene rings is 6. The molecule has 0 spiro atoms. The Kier molecular flexibility index (Phi) is 6.14. The van der Waals surface area contributed by atoms with Gasteiger partial charge in [0.25, 0.3) is 0 Å². The summed E-state index contributed by atoms with van der Waals surface area (Å²) in [4.78, 5) is 3.75. The number of allylic oxidation sites excluding steroid dienone is 2. The second kappa shape index (κ2) is 10.6. The van der Waals surface area contributed by atoms with E-state index >= 15 is 0 Å². The average molecular weight is 594 g/mol. The van der Waals surface area contributed by atoms with Gasteiger partial charge in [-0.25, -0.2) is 0 Å². The van der Waals surface area contributed by atoms with E-state index in [1.807, 2.05) is 11.3 Å². The Morgan fingerprint density at radius 2 is 1.27 bits per heavy atom. The van der Waals surface area contributed by atoms with Crippen molar-refractivity contribution in [3.63, 3.8) is 0 Å². The monoisotopic (exact) mass is 593 g/mol. The summed E-state index contributed by atoms with van der Waals surface area (Å²) in [6.07, 6.45) is 10.0. The molecule has 0 fully saturated rings. The van der Waals surface area contributed by atoms with Gasteiger partial charge in [0.05, 0.1) is 5.52 Å². The maximum absolute atomic E-state index is 3.75. The van der Waals surface area contributed by atoms with E-state index in [-0.39, 0.29) is 1.43 Å². The van der Waals surface area contributed by atoms with Crippen LogP contribution in [0.5, 0.6) is 0 Å². The van der Waals surface area contributed by atoms with Gasteiger partial charge in [0.2, 0.25) is 0 Å². The lowest BCUT2D eigenvalue weighted by Gasteiger charge is -2.12. The molecule has 8 aromatic rings. The number of fused-ring (bicyclic) bond motifs is 6. The number of hydrogen-bond donors (Lipinski definition) is 1. The maximum atomic E-state index is 3.75. The van der Waals surface area contributed by atoms with Crippen LogP contribution in [-0.2, 0) is 0 Å². The minimum absolute atomic E-state index is 0. The molecule has 0 radical (unpaired) electrons. The first-order chi connectivity index (χ1) is 22.3. The lowest BCUT2D eigenvalue weighted by Crippen LogP contribution is -2.17. The van der Waals surface area contributed by atoms with Crippen molar-refractivity contribution in [2.75, 3.05) is 0 Å². The number of H-pyrrole nitrogens is 1. The molecule has 1 aliphatic rings. The second-order valence-electron chi connectivity index (χ2n) is 11.7. The van der Waals surface area contributed by atoms with Gasteiger partial charge < -0.3 is 4.98 Å². The van der Waals surface area contributed by atoms with Gasteiger partial charge in [-0.15, -0.1) is 11.3 Å². The van der Waals surface area contributed by atoms with Crippen LogP contribution in [-0.4, -0.2) is 4.98 Å². The summed E-state index contributed by atoms with van der Waals surface area (Å²) in [5.41, 5.74) is 12.2. The molecule has 214 valence electrons. The van der Waals surface area contributed by atoms with E-state index in [0.29, 0.717) is 0 Å². The summed E-state index contributed by atoms with van der Waals surface area (Å²) in [7, 11) is 0. The van der Waals surface area contributed by atoms with Crippen molar-refractivity contribution in [2.24, 2.45) is 0 Å². The molecule has 1 N–H and O–H groups in total. The van der Waals surface area contributed by atoms with Gasteiger partial charge in [0.1, 0.15) is 0 Å². The van der Waals surface area contributed by atoms with Crippen molar-refractivity contribution in [2.45, 2.75) is 6.42 Å². The van der Waals surface area contributed by atoms with E-state index < -0.39 is 0 Å². The molecule has 6 aromatic carbocycles. The first-order valence-corrected chi connectivity index (χ1v) is 16.3. The van der Waals surface area contributed by atoms with Crippen LogP contribution in [0.25, 0.3) is 88.6 Å². The normalized spacial score (nSPS) is 12.6. The highest BCUT2D eigenvalue weighted by atomic mass is 32.1. The number of para-hydroxylation sites is 1. The predicted molar refractivity (Wildman–Crippen MR) is 197 cm³/mol. The Morgan fingerprint density at radius 3 is 2.11 bits per heavy atom. The number of nitrogens with one attached hydrogen (secondary N) is 1. The Morgan fingerprint density at radius 1 is 0.556 bits per heavy atom. The standard InChI is InChI=1S/C43H29NS.H2/c1-3-12-28(13-4-1)33-26-37(43-38(27-33)35-18-7-8-21-39(35)44-43)32-17-10-15-30(25-32)29-14-9-16-31(24-29)34-20-11-23-41-42(34)36-19-5-2-6-22-40(36)45-41;/h1-5,7-27,44H,6H2;1H. The maximum Gasteiger partial charge on any atom is 0.0544 e. The Bertz CT molecular complexity index is 2570. The molecule has 2 heteroatoms. The molecule has 0 atom stereocenters. The fourth-order valence-corrected chi connectivity index (χ4v) is 8.04. The zero-order valence-electron chi connectivity index (χ0n) is 24.6. The highest BCUT2D eigenvalue weighted by molar-refractivity contribution is 7.17. The van der Waals surface area contributed by atoms with Gasteiger partial charge in [-0.2, -0.15) is 0 Å². The fraction of sp³-hybridized carbons (Fsp3) is 0.0233. The van der Waals surface area contributed by atoms with Crippen molar-refractivity contribution in [3.05, 3.63) is 155 Å². The largest absolute Gasteiger partial charge is 0.354 e. The van der Waals surface area contributed by atoms with Crippen LogP contribution in [0.1, 0.15) is 7.85 Å². The molecule has 0 unspecified atom stereocenters. The zero-order valence-corrected chi connectivity index (χ0v) is 25.4. The summed E-state index contributed by atoms with van der Waals surface area (Å²) in [5.74, 6) is 0. The van der Waals surface area contributed by atoms with Crippen molar-refractivity contribution in [1.82, 2.24) is 4.98 Å². The van der Waals surface area contributed by atoms with Crippen molar-refractivity contribution >= 4 is 55.4 Å². The quantitative estimate of drug-likeness (QED) is 0.209. The van der Waals surface area contributed by atoms with Crippen LogP contribution in [0.15, 0.2) is 146 Å². The molecule has 1 aliphatic carbocycles. The van der Waals surface area contributed by atoms with Crippen molar-refractivity contribution < 1.29 is 1.43 Å². The molecule has 45 heavy (non-hydrogen) atoms. The molecule has 0 bridgehead atoms. The molecule has 0 saturated heterocycles. The summed E-state index contributed by atoms with van der Waals surface area (Å²) >= 11 is 1.89. The third-order valence-corrected chi connectivity index (χ3v) is 10.2. The molecule has 1 nitrogen and oxygen atoms in total. The lowest BCUT2D eigenvalue weighted by molar-refractivity contribution is 1.50. The van der Waals surface area contributed by atoms with Crippen LogP contribution in [0.2, 0.25) is 0 Å². The number of aromatic amines is 1. The molecular weight excluding hydrogens is 563 g/mol. The highest BCUT2D eigenvalue weighted by Crippen LogP contribution is 2.39. The first kappa shape index (κ1) is 26.0. The number of hydrogen-bond acceptors (Lipinski definition) is 1. The number of rotatable bonds is 4. The van der Waals surface area contributed by atoms with E-state index in [2.05, 4.69) is 163 Å². The third-order valence-electron chi connectivity index (χ3n) is 9.02. The van der Waals surface area contributed by atoms with Gasteiger partial charge >= 0.3 is 0 Å². The molecule has 0 aliphatic heterocycles. The number of aromatic nitrogens is 1. The van der Waals surface area contributed by atoms with Gasteiger partial charge in [-0.3, -0.25) is 0 Å². The molecule has 0 amide bonds. The van der Waals surface area contributed by atoms with Gasteiger partial charge in [-0.05, 0) is 81.8 Å². The Balaban J connectivity index is 0.00000312.